The lowest BCUT2D eigenvalue weighted by molar-refractivity contribution is -0.152. The number of hydrogen-bond donors (Lipinski definition) is 2. The summed E-state index contributed by atoms with van der Waals surface area (Å²) in [7, 11) is 2.69. The van der Waals surface area contributed by atoms with Gasteiger partial charge in [0.1, 0.15) is 0 Å². The molecule has 184 valence electrons. The normalized spacial score (nSPS) is 25.1. The van der Waals surface area contributed by atoms with Gasteiger partial charge in [0.25, 0.3) is 0 Å². The molecule has 4 atom stereocenters. The molecule has 0 saturated carbocycles. The van der Waals surface area contributed by atoms with Gasteiger partial charge in [0, 0.05) is 6.04 Å². The Kier molecular flexibility index (Phi) is 5.76. The number of methoxy groups -OCH3 is 2. The van der Waals surface area contributed by atoms with Crippen molar-refractivity contribution in [3.63, 3.8) is 0 Å². The Balaban J connectivity index is 1.73. The Labute approximate surface area is 208 Å². The molecule has 8 nitrogen and oxygen atoms in total. The molecule has 0 bridgehead atoms. The second kappa shape index (κ2) is 8.80. The zero-order chi connectivity index (χ0) is 25.6. The standard InChI is InChI=1S/C28H26N2O6/c1-16-9-12-19(13-10-16)30-25(32)22-23(26(30)33)28(27(34)36-3,18-7-5-4-6-8-18)29-24(22)17-11-14-20(31)21(15-17)35-2/h4-15,22-24,29,31H,1-3H3/t22-,23-,24-,28-/m1/s1. The smallest absolute Gasteiger partial charge is 0.331 e. The van der Waals surface area contributed by atoms with Crippen LogP contribution < -0.4 is 15.0 Å². The van der Waals surface area contributed by atoms with Gasteiger partial charge < -0.3 is 14.6 Å². The highest BCUT2D eigenvalue weighted by molar-refractivity contribution is 6.24. The summed E-state index contributed by atoms with van der Waals surface area (Å²) in [5.74, 6) is -3.38. The molecule has 0 radical (unpaired) electrons. The van der Waals surface area contributed by atoms with E-state index >= 15 is 0 Å². The molecule has 5 rings (SSSR count). The highest BCUT2D eigenvalue weighted by Gasteiger charge is 2.69. The SMILES string of the molecule is COC(=O)[C@]1(c2ccccc2)N[C@H](c2ccc(O)c(OC)c2)[C@@H]2C(=O)N(c3ccc(C)cc3)C(=O)[C@@H]21. The number of imide groups is 1. The predicted octanol–water partition coefficient (Wildman–Crippen LogP) is 3.23. The number of hydrogen-bond acceptors (Lipinski definition) is 7. The molecule has 0 aromatic heterocycles. The molecule has 0 unspecified atom stereocenters. The van der Waals surface area contributed by atoms with E-state index in [0.717, 1.165) is 5.56 Å². The van der Waals surface area contributed by atoms with E-state index in [9.17, 15) is 19.5 Å². The molecule has 2 saturated heterocycles. The molecule has 2 aliphatic heterocycles. The molecule has 2 heterocycles. The van der Waals surface area contributed by atoms with E-state index in [2.05, 4.69) is 5.32 Å². The van der Waals surface area contributed by atoms with Crippen LogP contribution in [0.5, 0.6) is 11.5 Å². The van der Waals surface area contributed by atoms with Crippen LogP contribution in [0.1, 0.15) is 22.7 Å². The van der Waals surface area contributed by atoms with Crippen LogP contribution >= 0.6 is 0 Å². The molecule has 2 N–H and O–H groups in total. The van der Waals surface area contributed by atoms with Gasteiger partial charge in [0.05, 0.1) is 31.7 Å². The number of aromatic hydroxyl groups is 1. The fourth-order valence-corrected chi connectivity index (χ4v) is 5.46. The summed E-state index contributed by atoms with van der Waals surface area (Å²) >= 11 is 0. The Hall–Kier alpha value is -4.17. The van der Waals surface area contributed by atoms with Crippen LogP contribution in [0, 0.1) is 18.8 Å². The van der Waals surface area contributed by atoms with Crippen LogP contribution in [0.2, 0.25) is 0 Å². The van der Waals surface area contributed by atoms with E-state index in [0.29, 0.717) is 16.8 Å². The monoisotopic (exact) mass is 486 g/mol. The number of amides is 2. The molecule has 8 heteroatoms. The first kappa shape index (κ1) is 23.6. The second-order valence-electron chi connectivity index (χ2n) is 9.07. The van der Waals surface area contributed by atoms with Gasteiger partial charge in [0.2, 0.25) is 11.8 Å². The number of ether oxygens (including phenoxy) is 2. The van der Waals surface area contributed by atoms with E-state index in [1.165, 1.54) is 25.2 Å². The highest BCUT2D eigenvalue weighted by atomic mass is 16.5. The van der Waals surface area contributed by atoms with Crippen molar-refractivity contribution in [2.24, 2.45) is 11.8 Å². The minimum Gasteiger partial charge on any atom is -0.504 e. The number of nitrogens with one attached hydrogen (secondary N) is 1. The predicted molar refractivity (Wildman–Crippen MR) is 131 cm³/mol. The number of anilines is 1. The number of phenolic OH excluding ortho intramolecular Hbond substituents is 1. The fourth-order valence-electron chi connectivity index (χ4n) is 5.46. The van der Waals surface area contributed by atoms with Crippen LogP contribution in [0.25, 0.3) is 0 Å². The zero-order valence-corrected chi connectivity index (χ0v) is 20.1. The Morgan fingerprint density at radius 2 is 1.67 bits per heavy atom. The molecule has 3 aromatic rings. The van der Waals surface area contributed by atoms with Crippen molar-refractivity contribution in [2.45, 2.75) is 18.5 Å². The number of fused-ring (bicyclic) bond motifs is 1. The fraction of sp³-hybridized carbons (Fsp3) is 0.250. The number of nitrogens with zero attached hydrogens (tertiary/aromatic N) is 1. The number of aryl methyl sites for hydroxylation is 1. The van der Waals surface area contributed by atoms with Crippen molar-refractivity contribution in [2.75, 3.05) is 19.1 Å². The molecule has 2 fully saturated rings. The lowest BCUT2D eigenvalue weighted by Gasteiger charge is -2.33. The van der Waals surface area contributed by atoms with Crippen molar-refractivity contribution in [3.05, 3.63) is 89.5 Å². The van der Waals surface area contributed by atoms with E-state index in [1.54, 1.807) is 48.5 Å². The summed E-state index contributed by atoms with van der Waals surface area (Å²) in [6.45, 7) is 1.92. The maximum atomic E-state index is 14.0. The minimum atomic E-state index is -1.61. The molecule has 0 spiro atoms. The van der Waals surface area contributed by atoms with E-state index in [4.69, 9.17) is 9.47 Å². The van der Waals surface area contributed by atoms with Crippen molar-refractivity contribution < 1.29 is 29.0 Å². The zero-order valence-electron chi connectivity index (χ0n) is 20.1. The molecular weight excluding hydrogens is 460 g/mol. The molecule has 2 amide bonds. The number of carbonyl (C=O) groups is 3. The maximum Gasteiger partial charge on any atom is 0.331 e. The van der Waals surface area contributed by atoms with Gasteiger partial charge in [-0.05, 0) is 42.3 Å². The summed E-state index contributed by atoms with van der Waals surface area (Å²) in [6.07, 6.45) is 0. The first-order valence-electron chi connectivity index (χ1n) is 11.6. The van der Waals surface area contributed by atoms with Gasteiger partial charge >= 0.3 is 5.97 Å². The third-order valence-electron chi connectivity index (χ3n) is 7.15. The number of esters is 1. The molecule has 2 aliphatic rings. The maximum absolute atomic E-state index is 14.0. The van der Waals surface area contributed by atoms with Gasteiger partial charge in [-0.1, -0.05) is 54.1 Å². The van der Waals surface area contributed by atoms with Gasteiger partial charge in [-0.25, -0.2) is 9.69 Å². The third-order valence-corrected chi connectivity index (χ3v) is 7.15. The van der Waals surface area contributed by atoms with Gasteiger partial charge in [0.15, 0.2) is 17.0 Å². The average Bonchev–Trinajstić information content (AvgIpc) is 3.39. The lowest BCUT2D eigenvalue weighted by atomic mass is 9.75. The summed E-state index contributed by atoms with van der Waals surface area (Å²) in [4.78, 5) is 42.7. The Morgan fingerprint density at radius 3 is 2.31 bits per heavy atom. The first-order chi connectivity index (χ1) is 17.3. The third kappa shape index (κ3) is 3.37. The van der Waals surface area contributed by atoms with Gasteiger partial charge in [-0.2, -0.15) is 0 Å². The quantitative estimate of drug-likeness (QED) is 0.421. The summed E-state index contributed by atoms with van der Waals surface area (Å²) in [5.41, 5.74) is 0.934. The van der Waals surface area contributed by atoms with Gasteiger partial charge in [-0.3, -0.25) is 14.9 Å². The van der Waals surface area contributed by atoms with Crippen molar-refractivity contribution in [1.82, 2.24) is 5.32 Å². The Bertz CT molecular complexity index is 1340. The van der Waals surface area contributed by atoms with E-state index < -0.39 is 41.2 Å². The van der Waals surface area contributed by atoms with E-state index in [1.807, 2.05) is 25.1 Å². The lowest BCUT2D eigenvalue weighted by Crippen LogP contribution is -2.53. The second-order valence-corrected chi connectivity index (χ2v) is 9.07. The average molecular weight is 487 g/mol. The van der Waals surface area contributed by atoms with Crippen LogP contribution in [-0.4, -0.2) is 37.1 Å². The summed E-state index contributed by atoms with van der Waals surface area (Å²) in [6, 6.07) is 19.9. The van der Waals surface area contributed by atoms with Gasteiger partial charge in [-0.15, -0.1) is 0 Å². The number of rotatable bonds is 5. The molecule has 0 aliphatic carbocycles. The van der Waals surface area contributed by atoms with Crippen molar-refractivity contribution in [3.8, 4) is 11.5 Å². The number of phenols is 1. The minimum absolute atomic E-state index is 0.0619. The largest absolute Gasteiger partial charge is 0.504 e. The van der Waals surface area contributed by atoms with Crippen LogP contribution in [0.4, 0.5) is 5.69 Å². The molecule has 3 aromatic carbocycles. The van der Waals surface area contributed by atoms with Crippen LogP contribution in [-0.2, 0) is 24.7 Å². The number of benzene rings is 3. The Morgan fingerprint density at radius 1 is 0.972 bits per heavy atom. The van der Waals surface area contributed by atoms with E-state index in [-0.39, 0.29) is 11.5 Å². The topological polar surface area (TPSA) is 105 Å². The summed E-state index contributed by atoms with van der Waals surface area (Å²) < 4.78 is 10.5. The van der Waals surface area contributed by atoms with Crippen molar-refractivity contribution in [1.29, 1.82) is 0 Å². The number of carbonyl (C=O) groups excluding carboxylic acids is 3. The highest BCUT2D eigenvalue weighted by Crippen LogP contribution is 2.54. The summed E-state index contributed by atoms with van der Waals surface area (Å²) in [5, 5.41) is 13.5. The van der Waals surface area contributed by atoms with Crippen LogP contribution in [0.15, 0.2) is 72.8 Å². The molecule has 36 heavy (non-hydrogen) atoms. The first-order valence-corrected chi connectivity index (χ1v) is 11.6. The van der Waals surface area contributed by atoms with Crippen LogP contribution in [0.3, 0.4) is 0 Å². The molecular formula is C28H26N2O6. The van der Waals surface area contributed by atoms with Crippen molar-refractivity contribution >= 4 is 23.5 Å².